The van der Waals surface area contributed by atoms with Crippen LogP contribution >= 0.6 is 0 Å². The second-order valence-electron chi connectivity index (χ2n) is 5.66. The highest BCUT2D eigenvalue weighted by Crippen LogP contribution is 2.17. The number of nitro groups is 1. The Bertz CT molecular complexity index is 659. The highest BCUT2D eigenvalue weighted by molar-refractivity contribution is 5.63. The summed E-state index contributed by atoms with van der Waals surface area (Å²) >= 11 is 0. The lowest BCUT2D eigenvalue weighted by Crippen LogP contribution is -2.16. The first-order chi connectivity index (χ1) is 15.1. The van der Waals surface area contributed by atoms with Gasteiger partial charge in [-0.3, -0.25) is 10.1 Å². The summed E-state index contributed by atoms with van der Waals surface area (Å²) in [6.45, 7) is 3.89. The topological polar surface area (TPSA) is 125 Å². The van der Waals surface area contributed by atoms with Crippen molar-refractivity contribution in [2.75, 3.05) is 72.7 Å². The Labute approximate surface area is 180 Å². The van der Waals surface area contributed by atoms with E-state index in [0.717, 1.165) is 0 Å². The fourth-order valence-corrected chi connectivity index (χ4v) is 1.96. The van der Waals surface area contributed by atoms with Gasteiger partial charge in [-0.1, -0.05) is 5.92 Å². The van der Waals surface area contributed by atoms with Crippen molar-refractivity contribution in [3.05, 3.63) is 34.4 Å². The van der Waals surface area contributed by atoms with Crippen LogP contribution in [0.2, 0.25) is 0 Å². The van der Waals surface area contributed by atoms with Crippen molar-refractivity contribution in [2.45, 2.75) is 0 Å². The Morgan fingerprint density at radius 2 is 1.26 bits per heavy atom. The fourth-order valence-electron chi connectivity index (χ4n) is 1.96. The lowest BCUT2D eigenvalue weighted by molar-refractivity contribution is -0.384. The van der Waals surface area contributed by atoms with Crippen LogP contribution in [0.3, 0.4) is 0 Å². The van der Waals surface area contributed by atoms with Gasteiger partial charge in [0.15, 0.2) is 0 Å². The molecule has 31 heavy (non-hydrogen) atoms. The average Bonchev–Trinajstić information content (AvgIpc) is 2.76. The minimum Gasteiger partial charge on any atom is -0.432 e. The van der Waals surface area contributed by atoms with Gasteiger partial charge in [0.25, 0.3) is 5.69 Å². The first-order valence-corrected chi connectivity index (χ1v) is 9.54. The maximum absolute atomic E-state index is 11.5. The van der Waals surface area contributed by atoms with Crippen LogP contribution in [-0.4, -0.2) is 83.8 Å². The number of rotatable bonds is 18. The summed E-state index contributed by atoms with van der Waals surface area (Å²) in [4.78, 5) is 21.5. The lowest BCUT2D eigenvalue weighted by Gasteiger charge is -2.08. The molecule has 0 aliphatic rings. The van der Waals surface area contributed by atoms with Crippen molar-refractivity contribution in [1.82, 2.24) is 0 Å². The van der Waals surface area contributed by atoms with Crippen LogP contribution in [0, 0.1) is 22.5 Å². The van der Waals surface area contributed by atoms with Crippen LogP contribution in [0.15, 0.2) is 24.3 Å². The first kappa shape index (κ1) is 26.3. The summed E-state index contributed by atoms with van der Waals surface area (Å²) in [7, 11) is 0. The average molecular weight is 441 g/mol. The summed E-state index contributed by atoms with van der Waals surface area (Å²) in [6.07, 6.45) is 4.12. The van der Waals surface area contributed by atoms with E-state index in [2.05, 4.69) is 5.92 Å². The summed E-state index contributed by atoms with van der Waals surface area (Å²) in [5, 5.41) is 10.6. The molecule has 11 heteroatoms. The highest BCUT2D eigenvalue weighted by Gasteiger charge is 2.09. The molecule has 0 fully saturated rings. The molecule has 11 nitrogen and oxygen atoms in total. The molecule has 0 spiro atoms. The third-order valence-corrected chi connectivity index (χ3v) is 3.37. The molecule has 0 radical (unpaired) electrons. The lowest BCUT2D eigenvalue weighted by atomic mass is 10.3. The van der Waals surface area contributed by atoms with Crippen molar-refractivity contribution in [2.24, 2.45) is 0 Å². The van der Waals surface area contributed by atoms with Crippen LogP contribution in [0.4, 0.5) is 10.5 Å². The third-order valence-electron chi connectivity index (χ3n) is 3.37. The van der Waals surface area contributed by atoms with Gasteiger partial charge in [-0.2, -0.15) is 0 Å². The maximum Gasteiger partial charge on any atom is 0.513 e. The van der Waals surface area contributed by atoms with Gasteiger partial charge in [0.1, 0.15) is 19.0 Å². The Morgan fingerprint density at radius 3 is 1.71 bits per heavy atom. The number of hydrogen-bond donors (Lipinski definition) is 0. The Balaban J connectivity index is 1.84. The number of benzene rings is 1. The Kier molecular flexibility index (Phi) is 15.3. The molecule has 0 heterocycles. The quantitative estimate of drug-likeness (QED) is 0.0832. The zero-order chi connectivity index (χ0) is 22.6. The van der Waals surface area contributed by atoms with Crippen molar-refractivity contribution in [3.8, 4) is 18.1 Å². The van der Waals surface area contributed by atoms with E-state index in [1.165, 1.54) is 24.3 Å². The molecule has 0 N–H and O–H groups in total. The molecule has 1 rings (SSSR count). The second kappa shape index (κ2) is 18.1. The van der Waals surface area contributed by atoms with Crippen molar-refractivity contribution in [1.29, 1.82) is 0 Å². The van der Waals surface area contributed by atoms with Gasteiger partial charge in [-0.05, 0) is 12.1 Å². The molecule has 0 saturated carbocycles. The minimum absolute atomic E-state index is 0.00268. The molecule has 0 saturated heterocycles. The van der Waals surface area contributed by atoms with E-state index in [1.807, 2.05) is 0 Å². The molecule has 0 atom stereocenters. The molecule has 1 aromatic rings. The van der Waals surface area contributed by atoms with Gasteiger partial charge < -0.3 is 33.2 Å². The van der Waals surface area contributed by atoms with E-state index in [-0.39, 0.29) is 31.3 Å². The van der Waals surface area contributed by atoms with Crippen LogP contribution in [0.5, 0.6) is 5.75 Å². The molecule has 172 valence electrons. The number of terminal acetylenes is 1. The Morgan fingerprint density at radius 1 is 0.806 bits per heavy atom. The third kappa shape index (κ3) is 14.8. The van der Waals surface area contributed by atoms with Crippen LogP contribution in [0.25, 0.3) is 0 Å². The van der Waals surface area contributed by atoms with Gasteiger partial charge in [0.05, 0.1) is 64.4 Å². The number of nitro benzene ring substituents is 1. The van der Waals surface area contributed by atoms with Gasteiger partial charge >= 0.3 is 6.16 Å². The second-order valence-corrected chi connectivity index (χ2v) is 5.66. The SMILES string of the molecule is C#CCOCCOCCOCCOCCOCCOC(=O)Oc1ccc([N+](=O)[O-])cc1. The van der Waals surface area contributed by atoms with Crippen LogP contribution < -0.4 is 4.74 Å². The Hall–Kier alpha value is -2.75. The van der Waals surface area contributed by atoms with Crippen molar-refractivity contribution < 1.29 is 42.9 Å². The molecular weight excluding hydrogens is 414 g/mol. The molecule has 0 amide bonds. The van der Waals surface area contributed by atoms with Crippen molar-refractivity contribution in [3.63, 3.8) is 0 Å². The summed E-state index contributed by atoms with van der Waals surface area (Å²) in [5.74, 6) is 2.51. The molecule has 0 aromatic heterocycles. The zero-order valence-electron chi connectivity index (χ0n) is 17.2. The van der Waals surface area contributed by atoms with Crippen LogP contribution in [-0.2, 0) is 28.4 Å². The molecule has 0 aliphatic carbocycles. The van der Waals surface area contributed by atoms with Gasteiger partial charge in [0.2, 0.25) is 0 Å². The molecule has 0 bridgehead atoms. The van der Waals surface area contributed by atoms with Gasteiger partial charge in [-0.15, -0.1) is 6.42 Å². The number of ether oxygens (including phenoxy) is 7. The van der Waals surface area contributed by atoms with Crippen molar-refractivity contribution >= 4 is 11.8 Å². The van der Waals surface area contributed by atoms with E-state index < -0.39 is 11.1 Å². The standard InChI is InChI=1S/C20H27NO10/c1-2-7-25-8-9-26-10-11-27-12-13-28-14-15-29-16-17-30-20(22)31-19-5-3-18(4-6-19)21(23)24/h1,3-6H,7-17H2. The normalized spacial score (nSPS) is 10.4. The molecule has 1 aromatic carbocycles. The molecule has 0 aliphatic heterocycles. The van der Waals surface area contributed by atoms with E-state index in [9.17, 15) is 14.9 Å². The summed E-state index contributed by atoms with van der Waals surface area (Å²) in [5.41, 5.74) is -0.102. The van der Waals surface area contributed by atoms with Gasteiger partial charge in [-0.25, -0.2) is 4.79 Å². The van der Waals surface area contributed by atoms with E-state index in [1.54, 1.807) is 0 Å². The predicted octanol–water partition coefficient (Wildman–Crippen LogP) is 1.83. The summed E-state index contributed by atoms with van der Waals surface area (Å²) < 4.78 is 36.0. The monoisotopic (exact) mass is 441 g/mol. The van der Waals surface area contributed by atoms with E-state index in [0.29, 0.717) is 52.9 Å². The molecular formula is C20H27NO10. The van der Waals surface area contributed by atoms with E-state index in [4.69, 9.17) is 39.6 Å². The number of hydrogen-bond acceptors (Lipinski definition) is 10. The number of carbonyl (C=O) groups is 1. The minimum atomic E-state index is -0.921. The van der Waals surface area contributed by atoms with E-state index >= 15 is 0 Å². The van der Waals surface area contributed by atoms with Crippen LogP contribution in [0.1, 0.15) is 0 Å². The largest absolute Gasteiger partial charge is 0.513 e. The number of nitrogens with zero attached hydrogens (tertiary/aromatic N) is 1. The number of non-ortho nitro benzene ring substituents is 1. The van der Waals surface area contributed by atoms with Gasteiger partial charge in [0, 0.05) is 12.1 Å². The fraction of sp³-hybridized carbons (Fsp3) is 0.550. The highest BCUT2D eigenvalue weighted by atomic mass is 16.7. The number of carbonyl (C=O) groups excluding carboxylic acids is 1. The summed E-state index contributed by atoms with van der Waals surface area (Å²) in [6, 6.07) is 5.07. The zero-order valence-corrected chi connectivity index (χ0v) is 17.2. The smallest absolute Gasteiger partial charge is 0.432 e. The predicted molar refractivity (Wildman–Crippen MR) is 108 cm³/mol. The first-order valence-electron chi connectivity index (χ1n) is 9.54. The maximum atomic E-state index is 11.5. The molecule has 0 unspecified atom stereocenters.